The van der Waals surface area contributed by atoms with Crippen molar-refractivity contribution in [2.75, 3.05) is 32.7 Å². The molecule has 33 heavy (non-hydrogen) atoms. The summed E-state index contributed by atoms with van der Waals surface area (Å²) in [6.07, 6.45) is 3.20. The maximum atomic E-state index is 13.3. The first-order valence-electron chi connectivity index (χ1n) is 12.0. The number of likely N-dealkylation sites (tertiary alicyclic amines) is 1. The zero-order valence-corrected chi connectivity index (χ0v) is 19.6. The molecule has 1 saturated heterocycles. The predicted octanol–water partition coefficient (Wildman–Crippen LogP) is 2.71. The summed E-state index contributed by atoms with van der Waals surface area (Å²) in [7, 11) is 0. The Bertz CT molecular complexity index is 1020. The van der Waals surface area contributed by atoms with E-state index in [9.17, 15) is 14.4 Å². The van der Waals surface area contributed by atoms with E-state index in [-0.39, 0.29) is 23.4 Å². The van der Waals surface area contributed by atoms with E-state index in [1.165, 1.54) is 0 Å². The molecule has 4 rings (SSSR count). The Morgan fingerprint density at radius 1 is 1.06 bits per heavy atom. The van der Waals surface area contributed by atoms with Gasteiger partial charge >= 0.3 is 0 Å². The average Bonchev–Trinajstić information content (AvgIpc) is 3.46. The highest BCUT2D eigenvalue weighted by molar-refractivity contribution is 5.98. The van der Waals surface area contributed by atoms with Gasteiger partial charge in [-0.2, -0.15) is 5.10 Å². The molecule has 0 spiro atoms. The van der Waals surface area contributed by atoms with Crippen LogP contribution in [0.3, 0.4) is 0 Å². The fourth-order valence-electron chi connectivity index (χ4n) is 4.64. The average molecular weight is 452 g/mol. The van der Waals surface area contributed by atoms with Crippen LogP contribution in [-0.2, 0) is 17.9 Å². The lowest BCUT2D eigenvalue weighted by Crippen LogP contribution is -2.36. The summed E-state index contributed by atoms with van der Waals surface area (Å²) in [6, 6.07) is 9.78. The molecule has 176 valence electrons. The molecule has 0 N–H and O–H groups in total. The zero-order valence-electron chi connectivity index (χ0n) is 19.6. The lowest BCUT2D eigenvalue weighted by Gasteiger charge is -2.22. The van der Waals surface area contributed by atoms with Gasteiger partial charge in [0.05, 0.1) is 0 Å². The van der Waals surface area contributed by atoms with E-state index < -0.39 is 0 Å². The molecular formula is C25H33N5O3. The number of aryl methyl sites for hydroxylation is 2. The Labute approximate surface area is 195 Å². The highest BCUT2D eigenvalue weighted by Crippen LogP contribution is 2.18. The van der Waals surface area contributed by atoms with Gasteiger partial charge in [-0.15, -0.1) is 0 Å². The van der Waals surface area contributed by atoms with Crippen LogP contribution >= 0.6 is 0 Å². The molecule has 0 unspecified atom stereocenters. The molecule has 1 fully saturated rings. The van der Waals surface area contributed by atoms with Gasteiger partial charge in [0.15, 0.2) is 5.69 Å². The Kier molecular flexibility index (Phi) is 7.11. The molecule has 2 aliphatic heterocycles. The number of fused-ring (bicyclic) bond motifs is 1. The lowest BCUT2D eigenvalue weighted by atomic mass is 10.1. The summed E-state index contributed by atoms with van der Waals surface area (Å²) in [5.41, 5.74) is 2.97. The number of hydrogen-bond donors (Lipinski definition) is 0. The fourth-order valence-corrected chi connectivity index (χ4v) is 4.64. The van der Waals surface area contributed by atoms with Crippen molar-refractivity contribution in [2.45, 2.75) is 52.6 Å². The van der Waals surface area contributed by atoms with Crippen LogP contribution in [0.15, 0.2) is 30.3 Å². The van der Waals surface area contributed by atoms with Crippen molar-refractivity contribution in [3.8, 4) is 0 Å². The Balaban J connectivity index is 1.44. The van der Waals surface area contributed by atoms with E-state index in [4.69, 9.17) is 0 Å². The zero-order chi connectivity index (χ0) is 23.4. The Morgan fingerprint density at radius 3 is 2.58 bits per heavy atom. The van der Waals surface area contributed by atoms with Crippen molar-refractivity contribution in [1.82, 2.24) is 24.5 Å². The van der Waals surface area contributed by atoms with Gasteiger partial charge in [0.1, 0.15) is 5.69 Å². The summed E-state index contributed by atoms with van der Waals surface area (Å²) >= 11 is 0. The maximum Gasteiger partial charge on any atom is 0.274 e. The van der Waals surface area contributed by atoms with Crippen LogP contribution in [-0.4, -0.2) is 74.9 Å². The Morgan fingerprint density at radius 2 is 1.85 bits per heavy atom. The molecule has 0 aliphatic carbocycles. The SMILES string of the molecule is CCN(CCC(=O)N1CCCC1)C(=O)c1cc2n(n1)CCCN(Cc1cccc(C)c1)C2=O. The van der Waals surface area contributed by atoms with Gasteiger partial charge in [-0.05, 0) is 38.7 Å². The van der Waals surface area contributed by atoms with Gasteiger partial charge in [0, 0.05) is 58.3 Å². The van der Waals surface area contributed by atoms with Gasteiger partial charge < -0.3 is 14.7 Å². The highest BCUT2D eigenvalue weighted by atomic mass is 16.2. The molecule has 1 aromatic carbocycles. The monoisotopic (exact) mass is 451 g/mol. The second-order valence-corrected chi connectivity index (χ2v) is 8.93. The number of rotatable bonds is 7. The van der Waals surface area contributed by atoms with Gasteiger partial charge in [0.2, 0.25) is 5.91 Å². The molecular weight excluding hydrogens is 418 g/mol. The molecule has 0 radical (unpaired) electrons. The predicted molar refractivity (Wildman–Crippen MR) is 125 cm³/mol. The number of benzene rings is 1. The quantitative estimate of drug-likeness (QED) is 0.648. The number of hydrogen-bond acceptors (Lipinski definition) is 4. The van der Waals surface area contributed by atoms with Crippen molar-refractivity contribution >= 4 is 17.7 Å². The minimum absolute atomic E-state index is 0.0985. The minimum atomic E-state index is -0.231. The van der Waals surface area contributed by atoms with Crippen molar-refractivity contribution in [3.63, 3.8) is 0 Å². The molecule has 2 aliphatic rings. The molecule has 0 bridgehead atoms. The summed E-state index contributed by atoms with van der Waals surface area (Å²) < 4.78 is 1.66. The third-order valence-electron chi connectivity index (χ3n) is 6.48. The molecule has 3 amide bonds. The largest absolute Gasteiger partial charge is 0.343 e. The van der Waals surface area contributed by atoms with E-state index in [1.807, 2.05) is 41.8 Å². The Hall–Kier alpha value is -3.16. The second-order valence-electron chi connectivity index (χ2n) is 8.93. The molecule has 3 heterocycles. The molecule has 8 nitrogen and oxygen atoms in total. The molecule has 0 atom stereocenters. The van der Waals surface area contributed by atoms with E-state index in [2.05, 4.69) is 11.2 Å². The normalized spacial score (nSPS) is 16.0. The van der Waals surface area contributed by atoms with Crippen molar-refractivity contribution in [3.05, 3.63) is 52.8 Å². The maximum absolute atomic E-state index is 13.3. The number of aromatic nitrogens is 2. The molecule has 1 aromatic heterocycles. The van der Waals surface area contributed by atoms with Crippen LogP contribution in [0.25, 0.3) is 0 Å². The number of carbonyl (C=O) groups excluding carboxylic acids is 3. The van der Waals surface area contributed by atoms with Crippen LogP contribution in [0.5, 0.6) is 0 Å². The minimum Gasteiger partial charge on any atom is -0.343 e. The molecule has 8 heteroatoms. The first kappa shape index (κ1) is 23.0. The van der Waals surface area contributed by atoms with Gasteiger partial charge in [0.25, 0.3) is 11.8 Å². The van der Waals surface area contributed by atoms with Gasteiger partial charge in [-0.1, -0.05) is 29.8 Å². The summed E-state index contributed by atoms with van der Waals surface area (Å²) in [5.74, 6) is -0.237. The lowest BCUT2D eigenvalue weighted by molar-refractivity contribution is -0.130. The fraction of sp³-hybridized carbons (Fsp3) is 0.520. The third-order valence-corrected chi connectivity index (χ3v) is 6.48. The van der Waals surface area contributed by atoms with Crippen molar-refractivity contribution in [1.29, 1.82) is 0 Å². The van der Waals surface area contributed by atoms with Crippen LogP contribution in [0.1, 0.15) is 64.7 Å². The van der Waals surface area contributed by atoms with Crippen molar-refractivity contribution in [2.24, 2.45) is 0 Å². The van der Waals surface area contributed by atoms with Crippen LogP contribution < -0.4 is 0 Å². The number of carbonyl (C=O) groups is 3. The highest BCUT2D eigenvalue weighted by Gasteiger charge is 2.28. The first-order valence-corrected chi connectivity index (χ1v) is 12.0. The van der Waals surface area contributed by atoms with E-state index >= 15 is 0 Å². The van der Waals surface area contributed by atoms with Crippen molar-refractivity contribution < 1.29 is 14.4 Å². The number of amides is 3. The number of nitrogens with zero attached hydrogens (tertiary/aromatic N) is 5. The van der Waals surface area contributed by atoms with Gasteiger partial charge in [-0.3, -0.25) is 19.1 Å². The first-order chi connectivity index (χ1) is 16.0. The second kappa shape index (κ2) is 10.2. The topological polar surface area (TPSA) is 78.8 Å². The molecule has 0 saturated carbocycles. The summed E-state index contributed by atoms with van der Waals surface area (Å²) in [4.78, 5) is 44.1. The standard InChI is InChI=1S/C25H33N5O3/c1-3-27(15-10-23(31)28-11-4-5-12-28)24(32)21-17-22-25(33)29(13-7-14-30(22)26-21)18-20-9-6-8-19(2)16-20/h6,8-9,16-17H,3-5,7,10-15,18H2,1-2H3. The summed E-state index contributed by atoms with van der Waals surface area (Å²) in [5, 5.41) is 4.47. The van der Waals surface area contributed by atoms with Gasteiger partial charge in [-0.25, -0.2) is 0 Å². The smallest absolute Gasteiger partial charge is 0.274 e. The van der Waals surface area contributed by atoms with E-state index in [1.54, 1.807) is 15.6 Å². The van der Waals surface area contributed by atoms with Crippen LogP contribution in [0.4, 0.5) is 0 Å². The van der Waals surface area contributed by atoms with E-state index in [0.29, 0.717) is 44.8 Å². The molecule has 2 aromatic rings. The van der Waals surface area contributed by atoms with Crippen LogP contribution in [0, 0.1) is 6.92 Å². The third kappa shape index (κ3) is 5.26. The van der Waals surface area contributed by atoms with Crippen LogP contribution in [0.2, 0.25) is 0 Å². The summed E-state index contributed by atoms with van der Waals surface area (Å²) in [6.45, 7) is 8.20. The van der Waals surface area contributed by atoms with E-state index in [0.717, 1.165) is 43.5 Å².